The average molecular weight is 109 g/mol. The molecule has 0 aromatic rings. The molecule has 0 aliphatic heterocycles. The SMILES string of the molecule is [SiH3]O[SiH2][S]. The Hall–Kier alpha value is 0.744. The first-order valence-corrected chi connectivity index (χ1v) is 4.69. The van der Waals surface area contributed by atoms with Crippen LogP contribution in [0.4, 0.5) is 0 Å². The van der Waals surface area contributed by atoms with Crippen LogP contribution in [0.2, 0.25) is 0 Å². The largest absolute Gasteiger partial charge is 0.460 e. The van der Waals surface area contributed by atoms with E-state index in [4.69, 9.17) is 0 Å². The molecule has 0 aromatic heterocycles. The van der Waals surface area contributed by atoms with Crippen molar-refractivity contribution in [3.63, 3.8) is 0 Å². The molecule has 0 unspecified atom stereocenters. The summed E-state index contributed by atoms with van der Waals surface area (Å²) in [4.78, 5) is 0. The zero-order valence-corrected chi connectivity index (χ0v) is 6.75. The molecule has 1 radical (unpaired) electrons. The van der Waals surface area contributed by atoms with Gasteiger partial charge in [-0.05, 0) is 0 Å². The molecule has 0 fully saturated rings. The highest BCUT2D eigenvalue weighted by molar-refractivity contribution is 8.06. The summed E-state index contributed by atoms with van der Waals surface area (Å²) >= 11 is 4.50. The minimum absolute atomic E-state index is 0.431. The summed E-state index contributed by atoms with van der Waals surface area (Å²) in [6.45, 7) is 0. The molecule has 0 bridgehead atoms. The standard InChI is InChI=1S/H5OSSi2/c2-4-1-3/h4H2,3H3. The van der Waals surface area contributed by atoms with Crippen molar-refractivity contribution in [3.8, 4) is 0 Å². The second-order valence-corrected chi connectivity index (χ2v) is 3.66. The van der Waals surface area contributed by atoms with E-state index in [1.165, 1.54) is 0 Å². The average Bonchev–Trinajstić information content (AvgIpc) is 1.37. The highest BCUT2D eigenvalue weighted by atomic mass is 32.3. The van der Waals surface area contributed by atoms with Crippen LogP contribution in [-0.2, 0) is 4.12 Å². The van der Waals surface area contributed by atoms with Gasteiger partial charge in [0.25, 0.3) is 0 Å². The van der Waals surface area contributed by atoms with E-state index in [-0.39, 0.29) is 0 Å². The van der Waals surface area contributed by atoms with Crippen LogP contribution in [0, 0.1) is 0 Å². The van der Waals surface area contributed by atoms with E-state index >= 15 is 0 Å². The summed E-state index contributed by atoms with van der Waals surface area (Å²) in [6, 6.07) is 0. The third kappa shape index (κ3) is 2.74. The van der Waals surface area contributed by atoms with Gasteiger partial charge in [0, 0.05) is 0 Å². The van der Waals surface area contributed by atoms with Crippen LogP contribution < -0.4 is 0 Å². The molecule has 0 aromatic carbocycles. The van der Waals surface area contributed by atoms with Crippen LogP contribution in [0.25, 0.3) is 0 Å². The summed E-state index contributed by atoms with van der Waals surface area (Å²) < 4.78 is 4.63. The van der Waals surface area contributed by atoms with Crippen molar-refractivity contribution in [2.75, 3.05) is 0 Å². The molecule has 4 heteroatoms. The van der Waals surface area contributed by atoms with E-state index in [1.54, 1.807) is 0 Å². The molecule has 0 N–H and O–H groups in total. The fourth-order valence-electron chi connectivity index (χ4n) is 0. The van der Waals surface area contributed by atoms with Crippen molar-refractivity contribution < 1.29 is 4.12 Å². The lowest BCUT2D eigenvalue weighted by Crippen LogP contribution is -1.79. The van der Waals surface area contributed by atoms with Crippen molar-refractivity contribution in [3.05, 3.63) is 0 Å². The lowest BCUT2D eigenvalue weighted by atomic mass is 15.8. The number of hydrogen-bond donors (Lipinski definition) is 0. The Morgan fingerprint density at radius 2 is 2.25 bits per heavy atom. The summed E-state index contributed by atoms with van der Waals surface area (Å²) in [6.07, 6.45) is 0. The van der Waals surface area contributed by atoms with E-state index in [0.29, 0.717) is 0 Å². The van der Waals surface area contributed by atoms with Crippen LogP contribution >= 0.6 is 12.1 Å². The Morgan fingerprint density at radius 1 is 2.00 bits per heavy atom. The molecule has 0 amide bonds. The van der Waals surface area contributed by atoms with Gasteiger partial charge in [-0.15, -0.1) is 12.1 Å². The van der Waals surface area contributed by atoms with Crippen molar-refractivity contribution in [1.82, 2.24) is 0 Å². The monoisotopic (exact) mass is 109 g/mol. The molecule has 0 saturated heterocycles. The Kier molecular flexibility index (Phi) is 4.44. The van der Waals surface area contributed by atoms with E-state index < -0.39 is 8.91 Å². The molecule has 0 heterocycles. The molecular formula is H5OSSi2. The van der Waals surface area contributed by atoms with Crippen molar-refractivity contribution in [2.45, 2.75) is 0 Å². The lowest BCUT2D eigenvalue weighted by molar-refractivity contribution is 0.685. The van der Waals surface area contributed by atoms with Gasteiger partial charge < -0.3 is 4.12 Å². The predicted octanol–water partition coefficient (Wildman–Crippen LogP) is -1.52. The topological polar surface area (TPSA) is 9.23 Å². The molecule has 0 aliphatic rings. The quantitative estimate of drug-likeness (QED) is 0.372. The molecule has 25 valence electrons. The molecular weight excluding hydrogens is 104 g/mol. The van der Waals surface area contributed by atoms with E-state index in [9.17, 15) is 0 Å². The van der Waals surface area contributed by atoms with Crippen LogP contribution in [0.5, 0.6) is 0 Å². The molecule has 0 saturated carbocycles. The fourth-order valence-corrected chi connectivity index (χ4v) is 0. The van der Waals surface area contributed by atoms with Gasteiger partial charge in [-0.1, -0.05) is 0 Å². The molecule has 0 atom stereocenters. The summed E-state index contributed by atoms with van der Waals surface area (Å²) in [5.41, 5.74) is 0. The van der Waals surface area contributed by atoms with Gasteiger partial charge >= 0.3 is 0 Å². The second-order valence-electron chi connectivity index (χ2n) is 0.407. The summed E-state index contributed by atoms with van der Waals surface area (Å²) in [7, 11) is 0.417. The van der Waals surface area contributed by atoms with Gasteiger partial charge in [-0.2, -0.15) is 0 Å². The highest BCUT2D eigenvalue weighted by Crippen LogP contribution is 1.58. The molecule has 0 aliphatic carbocycles. The van der Waals surface area contributed by atoms with E-state index in [1.807, 2.05) is 0 Å². The lowest BCUT2D eigenvalue weighted by Gasteiger charge is -1.74. The number of hydrogen-bond acceptors (Lipinski definition) is 1. The third-order valence-electron chi connectivity index (χ3n) is 0.118. The minimum Gasteiger partial charge on any atom is -0.460 e. The van der Waals surface area contributed by atoms with Crippen LogP contribution in [0.1, 0.15) is 0 Å². The van der Waals surface area contributed by atoms with Crippen molar-refractivity contribution >= 4 is 31.5 Å². The van der Waals surface area contributed by atoms with Crippen LogP contribution in [-0.4, -0.2) is 19.4 Å². The van der Waals surface area contributed by atoms with Gasteiger partial charge in [0.15, 0.2) is 0 Å². The summed E-state index contributed by atoms with van der Waals surface area (Å²) in [5.74, 6) is 0. The third-order valence-corrected chi connectivity index (χ3v) is 3.18. The van der Waals surface area contributed by atoms with E-state index in [2.05, 4.69) is 16.2 Å². The Bertz CT molecular complexity index is 8.00. The highest BCUT2D eigenvalue weighted by Gasteiger charge is 1.57. The van der Waals surface area contributed by atoms with Crippen molar-refractivity contribution in [1.29, 1.82) is 0 Å². The van der Waals surface area contributed by atoms with Crippen LogP contribution in [0.3, 0.4) is 0 Å². The second kappa shape index (κ2) is 3.74. The fraction of sp³-hybridized carbons (Fsp3) is 0. The molecule has 0 rings (SSSR count). The Balaban J connectivity index is 1.97. The van der Waals surface area contributed by atoms with Gasteiger partial charge in [0.05, 0.1) is 0 Å². The minimum atomic E-state index is -0.431. The first-order chi connectivity index (χ1) is 1.91. The van der Waals surface area contributed by atoms with Gasteiger partial charge in [0.2, 0.25) is 8.91 Å². The predicted molar refractivity (Wildman–Crippen MR) is 27.2 cm³/mol. The molecule has 1 nitrogen and oxygen atoms in total. The van der Waals surface area contributed by atoms with Gasteiger partial charge in [-0.25, -0.2) is 0 Å². The Labute approximate surface area is 36.3 Å². The zero-order chi connectivity index (χ0) is 3.41. The molecule has 4 heavy (non-hydrogen) atoms. The van der Waals surface area contributed by atoms with E-state index in [0.717, 1.165) is 10.5 Å². The first kappa shape index (κ1) is 4.74. The first-order valence-electron chi connectivity index (χ1n) is 0.986. The maximum Gasteiger partial charge on any atom is 0.221 e. The summed E-state index contributed by atoms with van der Waals surface area (Å²) in [5, 5.41) is 0. The van der Waals surface area contributed by atoms with Crippen LogP contribution in [0.15, 0.2) is 0 Å². The Morgan fingerprint density at radius 3 is 2.25 bits per heavy atom. The van der Waals surface area contributed by atoms with Gasteiger partial charge in [-0.3, -0.25) is 0 Å². The number of rotatable bonds is 1. The normalized spacial score (nSPS) is 11.2. The smallest absolute Gasteiger partial charge is 0.221 e. The maximum absolute atomic E-state index is 4.63. The maximum atomic E-state index is 4.63. The molecule has 0 spiro atoms. The van der Waals surface area contributed by atoms with Crippen molar-refractivity contribution in [2.24, 2.45) is 0 Å². The van der Waals surface area contributed by atoms with Gasteiger partial charge in [0.1, 0.15) is 10.5 Å². The zero-order valence-electron chi connectivity index (χ0n) is 2.52.